The highest BCUT2D eigenvalue weighted by atomic mass is 16.4. The van der Waals surface area contributed by atoms with Crippen molar-refractivity contribution in [1.82, 2.24) is 0 Å². The molecule has 2 fully saturated rings. The van der Waals surface area contributed by atoms with Crippen molar-refractivity contribution < 1.29 is 9.90 Å². The van der Waals surface area contributed by atoms with Gasteiger partial charge in [0.05, 0.1) is 11.5 Å². The van der Waals surface area contributed by atoms with E-state index < -0.39 is 5.97 Å². The Morgan fingerprint density at radius 1 is 1.00 bits per heavy atom. The van der Waals surface area contributed by atoms with E-state index in [0.717, 1.165) is 37.0 Å². The first-order valence-corrected chi connectivity index (χ1v) is 12.6. The fourth-order valence-electron chi connectivity index (χ4n) is 6.16. The predicted octanol–water partition coefficient (Wildman–Crippen LogP) is 7.74. The third kappa shape index (κ3) is 7.62. The number of aliphatic carboxylic acids is 1. The van der Waals surface area contributed by atoms with Gasteiger partial charge in [0.25, 0.3) is 0 Å². The van der Waals surface area contributed by atoms with Crippen molar-refractivity contribution in [3.05, 3.63) is 0 Å². The number of nitriles is 1. The van der Waals surface area contributed by atoms with E-state index in [1.54, 1.807) is 0 Å². The SMILES string of the molecule is CCCCCCCC1CCC(C2CCC(C#N)([C@H](C)CCCC(=O)O)CC2)CC1. The molecule has 0 unspecified atom stereocenters. The van der Waals surface area contributed by atoms with E-state index in [2.05, 4.69) is 19.9 Å². The Hall–Kier alpha value is -1.04. The van der Waals surface area contributed by atoms with Crippen molar-refractivity contribution in [2.24, 2.45) is 29.1 Å². The Kier molecular flexibility index (Phi) is 10.5. The number of rotatable bonds is 12. The number of hydrogen-bond donors (Lipinski definition) is 1. The van der Waals surface area contributed by atoms with E-state index in [1.807, 2.05) is 0 Å². The maximum Gasteiger partial charge on any atom is 0.303 e. The van der Waals surface area contributed by atoms with Gasteiger partial charge in [-0.25, -0.2) is 0 Å². The summed E-state index contributed by atoms with van der Waals surface area (Å²) in [5, 5.41) is 18.8. The number of unbranched alkanes of at least 4 members (excludes halogenated alkanes) is 4. The molecular formula is C26H45NO2. The fraction of sp³-hybridized carbons (Fsp3) is 0.923. The molecule has 166 valence electrons. The maximum absolute atomic E-state index is 10.8. The zero-order chi connectivity index (χ0) is 21.1. The summed E-state index contributed by atoms with van der Waals surface area (Å²) < 4.78 is 0. The van der Waals surface area contributed by atoms with E-state index in [4.69, 9.17) is 5.11 Å². The first-order valence-electron chi connectivity index (χ1n) is 12.6. The largest absolute Gasteiger partial charge is 0.481 e. The first-order chi connectivity index (χ1) is 14.0. The lowest BCUT2D eigenvalue weighted by Gasteiger charge is -2.43. The van der Waals surface area contributed by atoms with E-state index in [9.17, 15) is 10.1 Å². The topological polar surface area (TPSA) is 61.1 Å². The fourth-order valence-corrected chi connectivity index (χ4v) is 6.16. The standard InChI is InChI=1S/C26H45NO2/c1-3-4-5-6-7-10-22-12-14-23(15-13-22)24-16-18-26(20-27,19-17-24)21(2)9-8-11-25(28)29/h21-24H,3-19H2,1-2H3,(H,28,29)/t21-,22?,23?,24?,26?/m1/s1. The van der Waals surface area contributed by atoms with Crippen LogP contribution in [0, 0.1) is 40.4 Å². The van der Waals surface area contributed by atoms with E-state index in [0.29, 0.717) is 12.3 Å². The smallest absolute Gasteiger partial charge is 0.303 e. The Morgan fingerprint density at radius 2 is 1.62 bits per heavy atom. The van der Waals surface area contributed by atoms with Crippen LogP contribution < -0.4 is 0 Å². The minimum atomic E-state index is -0.719. The third-order valence-electron chi connectivity index (χ3n) is 8.39. The minimum absolute atomic E-state index is 0.204. The third-order valence-corrected chi connectivity index (χ3v) is 8.39. The molecule has 2 rings (SSSR count). The number of carbonyl (C=O) groups is 1. The molecule has 0 radical (unpaired) electrons. The summed E-state index contributed by atoms with van der Waals surface area (Å²) in [7, 11) is 0. The van der Waals surface area contributed by atoms with Gasteiger partial charge in [-0.1, -0.05) is 65.2 Å². The van der Waals surface area contributed by atoms with E-state index >= 15 is 0 Å². The molecule has 0 aromatic rings. The van der Waals surface area contributed by atoms with Crippen LogP contribution in [-0.4, -0.2) is 11.1 Å². The minimum Gasteiger partial charge on any atom is -0.481 e. The van der Waals surface area contributed by atoms with Crippen LogP contribution in [0.2, 0.25) is 0 Å². The average Bonchev–Trinajstić information content (AvgIpc) is 2.74. The average molecular weight is 404 g/mol. The summed E-state index contributed by atoms with van der Waals surface area (Å²) >= 11 is 0. The highest BCUT2D eigenvalue weighted by Crippen LogP contribution is 2.49. The molecule has 1 atom stereocenters. The summed E-state index contributed by atoms with van der Waals surface area (Å²) in [5.41, 5.74) is -0.204. The van der Waals surface area contributed by atoms with Crippen LogP contribution >= 0.6 is 0 Å². The van der Waals surface area contributed by atoms with Gasteiger partial charge in [0, 0.05) is 6.42 Å². The van der Waals surface area contributed by atoms with Gasteiger partial charge in [0.1, 0.15) is 0 Å². The summed E-state index contributed by atoms with van der Waals surface area (Å²) in [4.78, 5) is 10.8. The second-order valence-corrected chi connectivity index (χ2v) is 10.3. The summed E-state index contributed by atoms with van der Waals surface area (Å²) in [5.74, 6) is 2.29. The van der Waals surface area contributed by atoms with Crippen LogP contribution in [-0.2, 0) is 4.79 Å². The lowest BCUT2D eigenvalue weighted by Crippen LogP contribution is -2.35. The molecule has 0 bridgehead atoms. The van der Waals surface area contributed by atoms with Gasteiger partial charge in [-0.05, 0) is 75.0 Å². The van der Waals surface area contributed by atoms with Gasteiger partial charge in [-0.2, -0.15) is 5.26 Å². The molecule has 0 amide bonds. The van der Waals surface area contributed by atoms with Gasteiger partial charge < -0.3 is 5.11 Å². The lowest BCUT2D eigenvalue weighted by atomic mass is 9.60. The van der Waals surface area contributed by atoms with Gasteiger partial charge in [-0.15, -0.1) is 0 Å². The molecule has 0 aromatic carbocycles. The molecule has 3 heteroatoms. The molecule has 2 saturated carbocycles. The van der Waals surface area contributed by atoms with Crippen molar-refractivity contribution >= 4 is 5.97 Å². The van der Waals surface area contributed by atoms with Crippen LogP contribution in [0.1, 0.15) is 123 Å². The highest BCUT2D eigenvalue weighted by Gasteiger charge is 2.41. The lowest BCUT2D eigenvalue weighted by molar-refractivity contribution is -0.137. The summed E-state index contributed by atoms with van der Waals surface area (Å²) in [6.07, 6.45) is 20.4. The van der Waals surface area contributed by atoms with Gasteiger partial charge >= 0.3 is 5.97 Å². The number of carboxylic acids is 1. The molecule has 2 aliphatic rings. The first kappa shape index (κ1) is 24.2. The monoisotopic (exact) mass is 403 g/mol. The van der Waals surface area contributed by atoms with Crippen molar-refractivity contribution in [3.63, 3.8) is 0 Å². The number of hydrogen-bond acceptors (Lipinski definition) is 2. The van der Waals surface area contributed by atoms with Crippen molar-refractivity contribution in [1.29, 1.82) is 5.26 Å². The number of carboxylic acid groups (broad SMARTS) is 1. The zero-order valence-electron chi connectivity index (χ0n) is 19.1. The molecule has 2 aliphatic carbocycles. The van der Waals surface area contributed by atoms with Gasteiger partial charge in [0.2, 0.25) is 0 Å². The molecule has 3 nitrogen and oxygen atoms in total. The molecule has 0 heterocycles. The Morgan fingerprint density at radius 3 is 2.21 bits per heavy atom. The Balaban J connectivity index is 1.69. The molecular weight excluding hydrogens is 358 g/mol. The normalized spacial score (nSPS) is 31.1. The second kappa shape index (κ2) is 12.6. The van der Waals surface area contributed by atoms with Gasteiger partial charge in [-0.3, -0.25) is 4.79 Å². The van der Waals surface area contributed by atoms with Crippen LogP contribution in [0.5, 0.6) is 0 Å². The van der Waals surface area contributed by atoms with Crippen molar-refractivity contribution in [2.75, 3.05) is 0 Å². The quantitative estimate of drug-likeness (QED) is 0.339. The van der Waals surface area contributed by atoms with Crippen LogP contribution in [0.4, 0.5) is 0 Å². The Labute approximate surface area is 179 Å². The predicted molar refractivity (Wildman–Crippen MR) is 119 cm³/mol. The van der Waals surface area contributed by atoms with E-state index in [-0.39, 0.29) is 11.8 Å². The molecule has 0 spiro atoms. The van der Waals surface area contributed by atoms with Crippen molar-refractivity contribution in [3.8, 4) is 6.07 Å². The second-order valence-electron chi connectivity index (χ2n) is 10.3. The van der Waals surface area contributed by atoms with Crippen LogP contribution in [0.15, 0.2) is 0 Å². The molecule has 0 aromatic heterocycles. The van der Waals surface area contributed by atoms with Crippen LogP contribution in [0.25, 0.3) is 0 Å². The number of nitrogens with zero attached hydrogens (tertiary/aromatic N) is 1. The van der Waals surface area contributed by atoms with Crippen molar-refractivity contribution in [2.45, 2.75) is 123 Å². The highest BCUT2D eigenvalue weighted by molar-refractivity contribution is 5.66. The zero-order valence-corrected chi connectivity index (χ0v) is 19.1. The molecule has 0 aliphatic heterocycles. The van der Waals surface area contributed by atoms with E-state index in [1.165, 1.54) is 77.0 Å². The molecule has 0 saturated heterocycles. The summed E-state index contributed by atoms with van der Waals surface area (Å²) in [6, 6.07) is 2.68. The van der Waals surface area contributed by atoms with Crippen LogP contribution in [0.3, 0.4) is 0 Å². The Bertz CT molecular complexity index is 507. The molecule has 29 heavy (non-hydrogen) atoms. The summed E-state index contributed by atoms with van der Waals surface area (Å²) in [6.45, 7) is 4.46. The molecule has 1 N–H and O–H groups in total. The van der Waals surface area contributed by atoms with Gasteiger partial charge in [0.15, 0.2) is 0 Å². The maximum atomic E-state index is 10.8.